The van der Waals surface area contributed by atoms with Crippen molar-refractivity contribution in [1.82, 2.24) is 9.97 Å². The molecule has 0 aliphatic carbocycles. The van der Waals surface area contributed by atoms with E-state index in [1.54, 1.807) is 0 Å². The zero-order valence-electron chi connectivity index (χ0n) is 11.8. The number of hydrogen-bond acceptors (Lipinski definition) is 3. The Morgan fingerprint density at radius 3 is 2.52 bits per heavy atom. The summed E-state index contributed by atoms with van der Waals surface area (Å²) >= 11 is 14.7. The van der Waals surface area contributed by atoms with Crippen LogP contribution in [0.4, 0.5) is 0 Å². The van der Waals surface area contributed by atoms with E-state index in [2.05, 4.69) is 9.97 Å². The summed E-state index contributed by atoms with van der Waals surface area (Å²) in [4.78, 5) is 9.03. The fourth-order valence-corrected chi connectivity index (χ4v) is 4.41. The molecule has 1 atom stereocenters. The Kier molecular flexibility index (Phi) is 4.72. The summed E-state index contributed by atoms with van der Waals surface area (Å²) in [5, 5.41) is 1.21. The van der Waals surface area contributed by atoms with Crippen molar-refractivity contribution >= 4 is 35.0 Å². The summed E-state index contributed by atoms with van der Waals surface area (Å²) < 4.78 is 0. The van der Waals surface area contributed by atoms with Gasteiger partial charge < -0.3 is 0 Å². The average molecular weight is 339 g/mol. The molecule has 1 unspecified atom stereocenters. The second kappa shape index (κ2) is 6.55. The van der Waals surface area contributed by atoms with Crippen molar-refractivity contribution < 1.29 is 0 Å². The molecule has 2 nitrogen and oxygen atoms in total. The van der Waals surface area contributed by atoms with Gasteiger partial charge in [-0.1, -0.05) is 59.5 Å². The van der Waals surface area contributed by atoms with Crippen LogP contribution in [0.2, 0.25) is 10.3 Å². The normalized spacial score (nSPS) is 18.7. The average Bonchev–Trinajstić information content (AvgIpc) is 2.47. The number of thioether (sulfide) groups is 1. The molecule has 5 heteroatoms. The fourth-order valence-electron chi connectivity index (χ4n) is 2.55. The van der Waals surface area contributed by atoms with Crippen LogP contribution in [0, 0.1) is 6.92 Å². The Hall–Kier alpha value is -0.770. The SMILES string of the molecule is Cc1cccc(-c2c(Cl)nc(C3CCCCS3)nc2Cl)c1. The summed E-state index contributed by atoms with van der Waals surface area (Å²) in [6.45, 7) is 2.04. The van der Waals surface area contributed by atoms with Gasteiger partial charge in [0.2, 0.25) is 0 Å². The molecule has 2 heterocycles. The molecule has 1 aliphatic heterocycles. The molecule has 1 aromatic heterocycles. The predicted octanol–water partition coefficient (Wildman–Crippen LogP) is 5.72. The third-order valence-electron chi connectivity index (χ3n) is 3.61. The standard InChI is InChI=1S/C16H16Cl2N2S/c1-10-5-4-6-11(9-10)13-14(17)19-16(20-15(13)18)12-7-2-3-8-21-12/h4-6,9,12H,2-3,7-8H2,1H3. The van der Waals surface area contributed by atoms with Gasteiger partial charge >= 0.3 is 0 Å². The number of aromatic nitrogens is 2. The van der Waals surface area contributed by atoms with E-state index in [1.165, 1.54) is 12.8 Å². The molecule has 0 saturated carbocycles. The highest BCUT2D eigenvalue weighted by atomic mass is 35.5. The number of rotatable bonds is 2. The van der Waals surface area contributed by atoms with Crippen LogP contribution in [0.3, 0.4) is 0 Å². The van der Waals surface area contributed by atoms with Gasteiger partial charge in [0, 0.05) is 0 Å². The van der Waals surface area contributed by atoms with Gasteiger partial charge in [-0.05, 0) is 31.1 Å². The molecule has 110 valence electrons. The molecule has 21 heavy (non-hydrogen) atoms. The number of benzene rings is 1. The van der Waals surface area contributed by atoms with Crippen LogP contribution in [0.1, 0.15) is 35.9 Å². The van der Waals surface area contributed by atoms with Gasteiger partial charge in [-0.2, -0.15) is 11.8 Å². The number of hydrogen-bond donors (Lipinski definition) is 0. The third-order valence-corrected chi connectivity index (χ3v) is 5.53. The first-order chi connectivity index (χ1) is 10.1. The Morgan fingerprint density at radius 2 is 1.90 bits per heavy atom. The Morgan fingerprint density at radius 1 is 1.14 bits per heavy atom. The quantitative estimate of drug-likeness (QED) is 0.655. The Labute approximate surface area is 139 Å². The van der Waals surface area contributed by atoms with Crippen molar-refractivity contribution in [2.45, 2.75) is 31.4 Å². The lowest BCUT2D eigenvalue weighted by atomic mass is 10.1. The van der Waals surface area contributed by atoms with Gasteiger partial charge in [-0.15, -0.1) is 0 Å². The minimum atomic E-state index is 0.320. The topological polar surface area (TPSA) is 25.8 Å². The fraction of sp³-hybridized carbons (Fsp3) is 0.375. The first kappa shape index (κ1) is 15.1. The van der Waals surface area contributed by atoms with Crippen LogP contribution in [0.15, 0.2) is 24.3 Å². The van der Waals surface area contributed by atoms with Gasteiger partial charge in [0.05, 0.1) is 10.8 Å². The maximum absolute atomic E-state index is 6.40. The van der Waals surface area contributed by atoms with E-state index in [9.17, 15) is 0 Å². The van der Waals surface area contributed by atoms with Gasteiger partial charge in [-0.3, -0.25) is 0 Å². The minimum Gasteiger partial charge on any atom is -0.219 e. The van der Waals surface area contributed by atoms with Crippen LogP contribution in [0.5, 0.6) is 0 Å². The van der Waals surface area contributed by atoms with Crippen molar-refractivity contribution in [2.75, 3.05) is 5.75 Å². The highest BCUT2D eigenvalue weighted by Crippen LogP contribution is 2.40. The van der Waals surface area contributed by atoms with Crippen LogP contribution in [-0.4, -0.2) is 15.7 Å². The second-order valence-corrected chi connectivity index (χ2v) is 7.29. The smallest absolute Gasteiger partial charge is 0.144 e. The van der Waals surface area contributed by atoms with Crippen molar-refractivity contribution in [1.29, 1.82) is 0 Å². The minimum absolute atomic E-state index is 0.320. The first-order valence-corrected chi connectivity index (χ1v) is 8.87. The summed E-state index contributed by atoms with van der Waals surface area (Å²) in [5.41, 5.74) is 2.85. The third kappa shape index (κ3) is 3.36. The highest BCUT2D eigenvalue weighted by Gasteiger charge is 2.22. The molecular weight excluding hydrogens is 323 g/mol. The zero-order chi connectivity index (χ0) is 14.8. The molecule has 0 radical (unpaired) electrons. The number of nitrogens with zero attached hydrogens (tertiary/aromatic N) is 2. The number of halogens is 2. The van der Waals surface area contributed by atoms with Crippen LogP contribution < -0.4 is 0 Å². The van der Waals surface area contributed by atoms with E-state index < -0.39 is 0 Å². The summed E-state index contributed by atoms with van der Waals surface area (Å²) in [6.07, 6.45) is 3.58. The van der Waals surface area contributed by atoms with E-state index in [0.29, 0.717) is 15.6 Å². The highest BCUT2D eigenvalue weighted by molar-refractivity contribution is 7.99. The molecule has 0 N–H and O–H groups in total. The Balaban J connectivity index is 2.00. The van der Waals surface area contributed by atoms with Crippen LogP contribution in [0.25, 0.3) is 11.1 Å². The largest absolute Gasteiger partial charge is 0.219 e. The molecule has 1 saturated heterocycles. The summed E-state index contributed by atoms with van der Waals surface area (Å²) in [5.74, 6) is 1.93. The van der Waals surface area contributed by atoms with Gasteiger partial charge in [-0.25, -0.2) is 9.97 Å². The molecule has 1 aliphatic rings. The summed E-state index contributed by atoms with van der Waals surface area (Å²) in [6, 6.07) is 8.06. The monoisotopic (exact) mass is 338 g/mol. The summed E-state index contributed by atoms with van der Waals surface area (Å²) in [7, 11) is 0. The maximum atomic E-state index is 6.40. The van der Waals surface area contributed by atoms with E-state index in [0.717, 1.165) is 34.7 Å². The lowest BCUT2D eigenvalue weighted by Crippen LogP contribution is -2.07. The first-order valence-electron chi connectivity index (χ1n) is 7.07. The maximum Gasteiger partial charge on any atom is 0.144 e. The lowest BCUT2D eigenvalue weighted by Gasteiger charge is -2.20. The van der Waals surface area contributed by atoms with E-state index in [4.69, 9.17) is 23.2 Å². The van der Waals surface area contributed by atoms with Crippen molar-refractivity contribution in [3.8, 4) is 11.1 Å². The van der Waals surface area contributed by atoms with E-state index in [1.807, 2.05) is 43.0 Å². The lowest BCUT2D eigenvalue weighted by molar-refractivity contribution is 0.662. The molecule has 1 aromatic carbocycles. The predicted molar refractivity (Wildman–Crippen MR) is 91.3 cm³/mol. The van der Waals surface area contributed by atoms with Crippen molar-refractivity contribution in [3.63, 3.8) is 0 Å². The van der Waals surface area contributed by atoms with Crippen molar-refractivity contribution in [2.24, 2.45) is 0 Å². The van der Waals surface area contributed by atoms with Gasteiger partial charge in [0.15, 0.2) is 0 Å². The molecule has 1 fully saturated rings. The molecule has 0 spiro atoms. The molecular formula is C16H16Cl2N2S. The van der Waals surface area contributed by atoms with E-state index >= 15 is 0 Å². The van der Waals surface area contributed by atoms with Crippen LogP contribution in [-0.2, 0) is 0 Å². The van der Waals surface area contributed by atoms with E-state index in [-0.39, 0.29) is 0 Å². The van der Waals surface area contributed by atoms with Gasteiger partial charge in [0.1, 0.15) is 16.1 Å². The zero-order valence-corrected chi connectivity index (χ0v) is 14.1. The van der Waals surface area contributed by atoms with Crippen molar-refractivity contribution in [3.05, 3.63) is 46.0 Å². The molecule has 2 aromatic rings. The second-order valence-electron chi connectivity index (χ2n) is 5.26. The molecule has 0 amide bonds. The van der Waals surface area contributed by atoms with Crippen LogP contribution >= 0.6 is 35.0 Å². The molecule has 0 bridgehead atoms. The number of aryl methyl sites for hydroxylation is 1. The molecule has 3 rings (SSSR count). The van der Waals surface area contributed by atoms with Gasteiger partial charge in [0.25, 0.3) is 0 Å². The Bertz CT molecular complexity index is 631.